The first-order valence-electron chi connectivity index (χ1n) is 5.27. The van der Waals surface area contributed by atoms with Gasteiger partial charge in [0.05, 0.1) is 0 Å². The number of hydrogen-bond acceptors (Lipinski definition) is 3. The Morgan fingerprint density at radius 3 is 2.67 bits per heavy atom. The van der Waals surface area contributed by atoms with Crippen molar-refractivity contribution in [1.82, 2.24) is 9.78 Å². The van der Waals surface area contributed by atoms with Crippen molar-refractivity contribution in [3.63, 3.8) is 0 Å². The molecule has 15 heavy (non-hydrogen) atoms. The van der Waals surface area contributed by atoms with Crippen LogP contribution in [0.4, 0.5) is 0 Å². The number of carbonyl (C=O) groups excluding carboxylic acids is 1. The molecule has 1 fully saturated rings. The van der Waals surface area contributed by atoms with E-state index in [0.717, 1.165) is 25.7 Å². The predicted octanol–water partition coefficient (Wildman–Crippen LogP) is 1.56. The van der Waals surface area contributed by atoms with Gasteiger partial charge in [0, 0.05) is 20.4 Å². The molecule has 0 bridgehead atoms. The molecule has 0 radical (unpaired) electrons. The maximum atomic E-state index is 12.2. The average molecular weight is 208 g/mol. The normalized spacial score (nSPS) is 19.3. The van der Waals surface area contributed by atoms with Crippen LogP contribution in [0.2, 0.25) is 0 Å². The van der Waals surface area contributed by atoms with Crippen molar-refractivity contribution in [3.8, 4) is 0 Å². The van der Waals surface area contributed by atoms with Crippen molar-refractivity contribution in [3.05, 3.63) is 18.0 Å². The second-order valence-electron chi connectivity index (χ2n) is 4.11. The zero-order valence-electron chi connectivity index (χ0n) is 9.19. The van der Waals surface area contributed by atoms with Crippen molar-refractivity contribution in [2.45, 2.75) is 31.3 Å². The van der Waals surface area contributed by atoms with Gasteiger partial charge < -0.3 is 4.74 Å². The molecular weight excluding hydrogens is 192 g/mol. The number of nitrogens with zero attached hydrogens (tertiary/aromatic N) is 2. The molecule has 1 aromatic heterocycles. The number of ether oxygens (including phenoxy) is 1. The molecule has 4 heteroatoms. The van der Waals surface area contributed by atoms with Crippen LogP contribution in [0.1, 0.15) is 36.2 Å². The lowest BCUT2D eigenvalue weighted by atomic mass is 9.94. The van der Waals surface area contributed by atoms with E-state index < -0.39 is 5.60 Å². The molecule has 0 saturated heterocycles. The largest absolute Gasteiger partial charge is 0.370 e. The monoisotopic (exact) mass is 208 g/mol. The molecule has 82 valence electrons. The Hall–Kier alpha value is -1.16. The zero-order valence-corrected chi connectivity index (χ0v) is 9.19. The fourth-order valence-corrected chi connectivity index (χ4v) is 2.24. The molecule has 0 unspecified atom stereocenters. The Labute approximate surface area is 89.2 Å². The molecule has 1 saturated carbocycles. The van der Waals surface area contributed by atoms with Crippen molar-refractivity contribution < 1.29 is 9.53 Å². The van der Waals surface area contributed by atoms with Crippen molar-refractivity contribution in [1.29, 1.82) is 0 Å². The summed E-state index contributed by atoms with van der Waals surface area (Å²) < 4.78 is 7.07. The van der Waals surface area contributed by atoms with Gasteiger partial charge in [0.2, 0.25) is 5.78 Å². The van der Waals surface area contributed by atoms with Crippen LogP contribution in [0.3, 0.4) is 0 Å². The molecule has 1 heterocycles. The topological polar surface area (TPSA) is 44.1 Å². The molecule has 2 rings (SSSR count). The van der Waals surface area contributed by atoms with E-state index >= 15 is 0 Å². The quantitative estimate of drug-likeness (QED) is 0.708. The molecule has 0 spiro atoms. The Bertz CT molecular complexity index is 364. The van der Waals surface area contributed by atoms with E-state index in [1.165, 1.54) is 0 Å². The molecule has 0 amide bonds. The Morgan fingerprint density at radius 1 is 1.53 bits per heavy atom. The summed E-state index contributed by atoms with van der Waals surface area (Å²) in [5.74, 6) is 0.0306. The molecule has 0 aromatic carbocycles. The average Bonchev–Trinajstić information content (AvgIpc) is 2.86. The molecule has 1 aromatic rings. The van der Waals surface area contributed by atoms with E-state index in [1.54, 1.807) is 24.1 Å². The summed E-state index contributed by atoms with van der Waals surface area (Å²) in [6.45, 7) is 0. The Kier molecular flexibility index (Phi) is 2.61. The third kappa shape index (κ3) is 1.69. The number of carbonyl (C=O) groups is 1. The van der Waals surface area contributed by atoms with Crippen molar-refractivity contribution in [2.75, 3.05) is 7.11 Å². The highest BCUT2D eigenvalue weighted by Crippen LogP contribution is 2.35. The summed E-state index contributed by atoms with van der Waals surface area (Å²) in [6.07, 6.45) is 5.54. The van der Waals surface area contributed by atoms with Gasteiger partial charge in [0.15, 0.2) is 0 Å². The van der Waals surface area contributed by atoms with Gasteiger partial charge in [-0.1, -0.05) is 0 Å². The van der Waals surface area contributed by atoms with Crippen LogP contribution < -0.4 is 0 Å². The first kappa shape index (κ1) is 10.4. The summed E-state index contributed by atoms with van der Waals surface area (Å²) in [6, 6.07) is 1.75. The summed E-state index contributed by atoms with van der Waals surface area (Å²) >= 11 is 0. The number of aryl methyl sites for hydroxylation is 1. The van der Waals surface area contributed by atoms with E-state index in [9.17, 15) is 4.79 Å². The predicted molar refractivity (Wildman–Crippen MR) is 55.7 cm³/mol. The molecule has 0 aliphatic heterocycles. The second-order valence-corrected chi connectivity index (χ2v) is 4.11. The van der Waals surface area contributed by atoms with Crippen molar-refractivity contribution in [2.24, 2.45) is 7.05 Å². The van der Waals surface area contributed by atoms with Crippen LogP contribution in [-0.2, 0) is 11.8 Å². The van der Waals surface area contributed by atoms with Gasteiger partial charge in [0.1, 0.15) is 11.3 Å². The fraction of sp³-hybridized carbons (Fsp3) is 0.636. The molecule has 1 aliphatic carbocycles. The summed E-state index contributed by atoms with van der Waals surface area (Å²) in [5, 5.41) is 4.14. The molecular formula is C11H16N2O2. The summed E-state index contributed by atoms with van der Waals surface area (Å²) in [5.41, 5.74) is -0.0878. The molecule has 1 aliphatic rings. The van der Waals surface area contributed by atoms with Crippen molar-refractivity contribution >= 4 is 5.78 Å². The highest BCUT2D eigenvalue weighted by molar-refractivity contribution is 6.01. The minimum Gasteiger partial charge on any atom is -0.370 e. The van der Waals surface area contributed by atoms with Gasteiger partial charge in [-0.3, -0.25) is 9.48 Å². The Balaban J connectivity index is 2.26. The molecule has 0 N–H and O–H groups in total. The lowest BCUT2D eigenvalue weighted by Crippen LogP contribution is -2.38. The second kappa shape index (κ2) is 3.77. The lowest BCUT2D eigenvalue weighted by Gasteiger charge is -2.24. The Morgan fingerprint density at radius 2 is 2.20 bits per heavy atom. The summed E-state index contributed by atoms with van der Waals surface area (Å²) in [4.78, 5) is 12.2. The van der Waals surface area contributed by atoms with Crippen LogP contribution in [0.5, 0.6) is 0 Å². The van der Waals surface area contributed by atoms with E-state index in [4.69, 9.17) is 4.74 Å². The third-order valence-corrected chi connectivity index (χ3v) is 3.16. The maximum Gasteiger partial charge on any atom is 0.214 e. The van der Waals surface area contributed by atoms with Gasteiger partial charge in [-0.2, -0.15) is 5.10 Å². The molecule has 0 atom stereocenters. The summed E-state index contributed by atoms with van der Waals surface area (Å²) in [7, 11) is 3.43. The van der Waals surface area contributed by atoms with Gasteiger partial charge in [-0.05, 0) is 31.7 Å². The number of methoxy groups -OCH3 is 1. The zero-order chi connectivity index (χ0) is 10.9. The van der Waals surface area contributed by atoms with E-state index in [2.05, 4.69) is 5.10 Å². The number of Topliss-reactive ketones (excluding diaryl/α,β-unsaturated/α-hetero) is 1. The fourth-order valence-electron chi connectivity index (χ4n) is 2.24. The van der Waals surface area contributed by atoms with Crippen LogP contribution >= 0.6 is 0 Å². The van der Waals surface area contributed by atoms with Crippen LogP contribution in [0, 0.1) is 0 Å². The number of ketones is 1. The van der Waals surface area contributed by atoms with Gasteiger partial charge in [0.25, 0.3) is 0 Å². The van der Waals surface area contributed by atoms with Crippen LogP contribution in [0.25, 0.3) is 0 Å². The minimum atomic E-state index is -0.603. The molecule has 4 nitrogen and oxygen atoms in total. The first-order valence-corrected chi connectivity index (χ1v) is 5.27. The third-order valence-electron chi connectivity index (χ3n) is 3.16. The van der Waals surface area contributed by atoms with Gasteiger partial charge in [-0.15, -0.1) is 0 Å². The highest BCUT2D eigenvalue weighted by Gasteiger charge is 2.42. The first-order chi connectivity index (χ1) is 7.18. The standard InChI is InChI=1S/C11H16N2O2/c1-13-8-5-9(12-13)10(14)11(15-2)6-3-4-7-11/h5,8H,3-4,6-7H2,1-2H3. The van der Waals surface area contributed by atoms with E-state index in [0.29, 0.717) is 5.69 Å². The SMILES string of the molecule is COC1(C(=O)c2ccn(C)n2)CCCC1. The lowest BCUT2D eigenvalue weighted by molar-refractivity contribution is 0.00555. The van der Waals surface area contributed by atoms with Gasteiger partial charge >= 0.3 is 0 Å². The number of aromatic nitrogens is 2. The van der Waals surface area contributed by atoms with E-state index in [-0.39, 0.29) is 5.78 Å². The van der Waals surface area contributed by atoms with Crippen LogP contribution in [-0.4, -0.2) is 28.3 Å². The minimum absolute atomic E-state index is 0.0306. The smallest absolute Gasteiger partial charge is 0.214 e. The number of rotatable bonds is 3. The van der Waals surface area contributed by atoms with Gasteiger partial charge in [-0.25, -0.2) is 0 Å². The van der Waals surface area contributed by atoms with Crippen LogP contribution in [0.15, 0.2) is 12.3 Å². The highest BCUT2D eigenvalue weighted by atomic mass is 16.5. The maximum absolute atomic E-state index is 12.2. The number of hydrogen-bond donors (Lipinski definition) is 0. The van der Waals surface area contributed by atoms with E-state index in [1.807, 2.05) is 7.05 Å².